The minimum absolute atomic E-state index is 0.0432. The Hall–Kier alpha value is -3.45. The van der Waals surface area contributed by atoms with Gasteiger partial charge in [-0.05, 0) is 44.5 Å². The Balaban J connectivity index is 1.75. The average Bonchev–Trinajstić information content (AvgIpc) is 3.35. The number of primary amides is 1. The first-order valence-electron chi connectivity index (χ1n) is 12.4. The lowest BCUT2D eigenvalue weighted by atomic mass is 9.57. The van der Waals surface area contributed by atoms with Gasteiger partial charge >= 0.3 is 0 Å². The van der Waals surface area contributed by atoms with E-state index in [0.717, 1.165) is 5.69 Å². The summed E-state index contributed by atoms with van der Waals surface area (Å²) in [5, 5.41) is 45.5. The fourth-order valence-electron chi connectivity index (χ4n) is 6.60. The zero-order valence-electron chi connectivity index (χ0n) is 21.6. The molecule has 2 fully saturated rings. The van der Waals surface area contributed by atoms with Crippen molar-refractivity contribution in [3.8, 4) is 5.75 Å². The summed E-state index contributed by atoms with van der Waals surface area (Å²) in [6, 6.07) is 0.723. The lowest BCUT2D eigenvalue weighted by molar-refractivity contribution is -0.153. The van der Waals surface area contributed by atoms with E-state index in [1.807, 2.05) is 25.1 Å². The van der Waals surface area contributed by atoms with Gasteiger partial charge in [0, 0.05) is 49.3 Å². The summed E-state index contributed by atoms with van der Waals surface area (Å²) in [7, 11) is 6.80. The van der Waals surface area contributed by atoms with E-state index in [0.29, 0.717) is 24.3 Å². The van der Waals surface area contributed by atoms with Crippen molar-refractivity contribution in [2.45, 2.75) is 30.4 Å². The number of hydrogen-bond donors (Lipinski definition) is 6. The SMILES string of the molecule is CN(C)c1cc(C2CNOC2)c(O)c2c1C[C@H]1C[C@H]3[C@H](N(C)C)C(=O)C(C(N)=O)=C(O)[C@@]3(O)C(=O)C1=C2O. The van der Waals surface area contributed by atoms with E-state index in [-0.39, 0.29) is 35.6 Å². The maximum atomic E-state index is 14.0. The molecule has 5 atom stereocenters. The highest BCUT2D eigenvalue weighted by Gasteiger charge is 2.64. The van der Waals surface area contributed by atoms with Gasteiger partial charge in [-0.2, -0.15) is 0 Å². The second-order valence-electron chi connectivity index (χ2n) is 10.9. The van der Waals surface area contributed by atoms with Gasteiger partial charge in [-0.3, -0.25) is 19.3 Å². The Morgan fingerprint density at radius 1 is 1.16 bits per heavy atom. The molecule has 1 aromatic carbocycles. The van der Waals surface area contributed by atoms with Gasteiger partial charge in [0.25, 0.3) is 5.91 Å². The van der Waals surface area contributed by atoms with Crippen molar-refractivity contribution >= 4 is 28.9 Å². The van der Waals surface area contributed by atoms with E-state index in [4.69, 9.17) is 10.6 Å². The number of amides is 1. The number of phenols is 1. The number of anilines is 1. The summed E-state index contributed by atoms with van der Waals surface area (Å²) in [4.78, 5) is 47.9. The van der Waals surface area contributed by atoms with Gasteiger partial charge in [0.15, 0.2) is 11.4 Å². The number of benzene rings is 1. The summed E-state index contributed by atoms with van der Waals surface area (Å²) in [5.41, 5.74) is 6.43. The van der Waals surface area contributed by atoms with E-state index >= 15 is 0 Å². The monoisotopic (exact) mass is 528 g/mol. The molecule has 1 saturated carbocycles. The highest BCUT2D eigenvalue weighted by atomic mass is 16.7. The van der Waals surface area contributed by atoms with Gasteiger partial charge in [-0.25, -0.2) is 5.48 Å². The molecule has 1 heterocycles. The Kier molecular flexibility index (Phi) is 6.06. The number of hydroxylamine groups is 1. The summed E-state index contributed by atoms with van der Waals surface area (Å²) in [5.74, 6) is -6.82. The van der Waals surface area contributed by atoms with Crippen molar-refractivity contribution in [3.05, 3.63) is 39.7 Å². The number of nitrogens with two attached hydrogens (primary N) is 1. The molecule has 1 aromatic rings. The number of aromatic hydroxyl groups is 1. The van der Waals surface area contributed by atoms with E-state index in [1.54, 1.807) is 14.1 Å². The first kappa shape index (κ1) is 26.2. The molecule has 1 saturated heterocycles. The number of nitrogens with zero attached hydrogens (tertiary/aromatic N) is 2. The van der Waals surface area contributed by atoms with Crippen LogP contribution in [0.1, 0.15) is 29.0 Å². The Morgan fingerprint density at radius 3 is 2.39 bits per heavy atom. The maximum absolute atomic E-state index is 14.0. The van der Waals surface area contributed by atoms with Crippen LogP contribution in [0.25, 0.3) is 5.76 Å². The predicted octanol–water partition coefficient (Wildman–Crippen LogP) is -0.352. The molecule has 3 aliphatic carbocycles. The van der Waals surface area contributed by atoms with Crippen LogP contribution in [0.2, 0.25) is 0 Å². The topological polar surface area (TPSA) is 186 Å². The molecule has 1 amide bonds. The molecule has 38 heavy (non-hydrogen) atoms. The van der Waals surface area contributed by atoms with Crippen LogP contribution in [0.3, 0.4) is 0 Å². The Labute approximate surface area is 218 Å². The minimum atomic E-state index is -2.66. The molecule has 0 aromatic heterocycles. The molecule has 1 aliphatic heterocycles. The third-order valence-corrected chi connectivity index (χ3v) is 8.36. The number of aliphatic hydroxyl groups is 3. The lowest BCUT2D eigenvalue weighted by Crippen LogP contribution is -2.65. The number of fused-ring (bicyclic) bond motifs is 3. The van der Waals surface area contributed by atoms with Crippen LogP contribution in [-0.4, -0.2) is 95.8 Å². The highest BCUT2D eigenvalue weighted by Crippen LogP contribution is 2.54. The largest absolute Gasteiger partial charge is 0.508 e. The molecule has 0 radical (unpaired) electrons. The number of hydrogen-bond acceptors (Lipinski definition) is 11. The van der Waals surface area contributed by atoms with Crippen LogP contribution in [0.5, 0.6) is 5.75 Å². The molecule has 7 N–H and O–H groups in total. The maximum Gasteiger partial charge on any atom is 0.255 e. The third kappa shape index (κ3) is 3.40. The van der Waals surface area contributed by atoms with Crippen molar-refractivity contribution in [3.63, 3.8) is 0 Å². The number of Topliss-reactive ketones (excluding diaryl/α,β-unsaturated/α-hetero) is 2. The number of carbonyl (C=O) groups excluding carboxylic acids is 3. The summed E-state index contributed by atoms with van der Waals surface area (Å²) in [6.45, 7) is 0.738. The fourth-order valence-corrected chi connectivity index (χ4v) is 6.60. The van der Waals surface area contributed by atoms with Crippen molar-refractivity contribution < 1.29 is 39.6 Å². The molecule has 5 rings (SSSR count). The Morgan fingerprint density at radius 2 is 1.84 bits per heavy atom. The minimum Gasteiger partial charge on any atom is -0.508 e. The smallest absolute Gasteiger partial charge is 0.255 e. The van der Waals surface area contributed by atoms with Crippen LogP contribution in [-0.2, 0) is 25.6 Å². The summed E-state index contributed by atoms with van der Waals surface area (Å²) < 4.78 is 0. The average molecular weight is 529 g/mol. The fraction of sp³-hybridized carbons (Fsp3) is 0.500. The second kappa shape index (κ2) is 8.80. The van der Waals surface area contributed by atoms with Gasteiger partial charge in [-0.15, -0.1) is 0 Å². The molecule has 4 aliphatic rings. The Bertz CT molecular complexity index is 1330. The van der Waals surface area contributed by atoms with Crippen molar-refractivity contribution in [2.75, 3.05) is 46.2 Å². The molecular formula is C26H32N4O8. The summed E-state index contributed by atoms with van der Waals surface area (Å²) >= 11 is 0. The van der Waals surface area contributed by atoms with Gasteiger partial charge in [-0.1, -0.05) is 0 Å². The number of aliphatic hydroxyl groups excluding tert-OH is 2. The van der Waals surface area contributed by atoms with E-state index in [1.165, 1.54) is 4.90 Å². The predicted molar refractivity (Wildman–Crippen MR) is 135 cm³/mol. The number of ketones is 2. The highest BCUT2D eigenvalue weighted by molar-refractivity contribution is 6.24. The van der Waals surface area contributed by atoms with Crippen molar-refractivity contribution in [1.29, 1.82) is 0 Å². The van der Waals surface area contributed by atoms with Crippen LogP contribution in [0.15, 0.2) is 23.0 Å². The summed E-state index contributed by atoms with van der Waals surface area (Å²) in [6.07, 6.45) is 0.275. The zero-order valence-corrected chi connectivity index (χ0v) is 21.6. The van der Waals surface area contributed by atoms with Gasteiger partial charge in [0.05, 0.1) is 18.2 Å². The van der Waals surface area contributed by atoms with Crippen molar-refractivity contribution in [2.24, 2.45) is 17.6 Å². The van der Waals surface area contributed by atoms with Crippen LogP contribution in [0, 0.1) is 11.8 Å². The molecule has 12 heteroatoms. The quantitative estimate of drug-likeness (QED) is 0.281. The second-order valence-corrected chi connectivity index (χ2v) is 10.9. The molecule has 204 valence electrons. The first-order chi connectivity index (χ1) is 17.8. The standard InChI is InChI=1S/C26H32N4O8/c1-29(2)15-7-12(11-8-28-38-9-11)20(31)17-13(15)5-10-6-14-19(30(3)4)22(33)18(25(27)36)24(35)26(14,37)23(34)16(10)21(17)32/h7,10-11,14,19,28,31-32,35,37H,5-6,8-9H2,1-4H3,(H2,27,36)/t10-,11?,14-,19-,26-/m0/s1. The molecule has 0 bridgehead atoms. The first-order valence-corrected chi connectivity index (χ1v) is 12.4. The number of carbonyl (C=O) groups is 3. The molecular weight excluding hydrogens is 496 g/mol. The number of phenolic OH excluding ortho intramolecular Hbond substituents is 1. The van der Waals surface area contributed by atoms with Gasteiger partial charge in [0.2, 0.25) is 5.78 Å². The normalized spacial score (nSPS) is 30.9. The van der Waals surface area contributed by atoms with Crippen molar-refractivity contribution in [1.82, 2.24) is 10.4 Å². The van der Waals surface area contributed by atoms with Gasteiger partial charge in [0.1, 0.15) is 22.8 Å². The lowest BCUT2D eigenvalue weighted by Gasteiger charge is -2.50. The van der Waals surface area contributed by atoms with Crippen LogP contribution >= 0.6 is 0 Å². The van der Waals surface area contributed by atoms with E-state index in [2.05, 4.69) is 5.48 Å². The third-order valence-electron chi connectivity index (χ3n) is 8.36. The van der Waals surface area contributed by atoms with E-state index in [9.17, 15) is 34.8 Å². The van der Waals surface area contributed by atoms with E-state index < -0.39 is 58.0 Å². The molecule has 0 spiro atoms. The number of rotatable bonds is 4. The number of likely N-dealkylation sites (N-methyl/N-ethyl adjacent to an activating group) is 1. The van der Waals surface area contributed by atoms with Crippen LogP contribution < -0.4 is 16.1 Å². The molecule has 12 nitrogen and oxygen atoms in total. The van der Waals surface area contributed by atoms with Gasteiger partial charge < -0.3 is 35.9 Å². The number of nitrogens with one attached hydrogen (secondary N) is 1. The zero-order chi connectivity index (χ0) is 27.8. The van der Waals surface area contributed by atoms with Crippen LogP contribution in [0.4, 0.5) is 5.69 Å². The molecule has 1 unspecified atom stereocenters.